The van der Waals surface area contributed by atoms with Crippen LogP contribution < -0.4 is 16.0 Å². The van der Waals surface area contributed by atoms with Crippen LogP contribution in [0.25, 0.3) is 0 Å². The Labute approximate surface area is 217 Å². The van der Waals surface area contributed by atoms with Gasteiger partial charge in [-0.05, 0) is 44.7 Å². The summed E-state index contributed by atoms with van der Waals surface area (Å²) in [6, 6.07) is 6.09. The molecule has 0 spiro atoms. The summed E-state index contributed by atoms with van der Waals surface area (Å²) in [6.07, 6.45) is 7.36. The number of furan rings is 1. The summed E-state index contributed by atoms with van der Waals surface area (Å²) in [6.45, 7) is 1.82. The molecule has 2 aromatic heterocycles. The van der Waals surface area contributed by atoms with Crippen molar-refractivity contribution in [3.05, 3.63) is 46.3 Å². The summed E-state index contributed by atoms with van der Waals surface area (Å²) in [7, 11) is 0. The number of ketones is 1. The van der Waals surface area contributed by atoms with Gasteiger partial charge in [0, 0.05) is 23.7 Å². The Balaban J connectivity index is 1.40. The number of aryl methyl sites for hydroxylation is 1. The molecule has 0 aromatic carbocycles. The average molecular weight is 525 g/mol. The minimum atomic E-state index is -0.631. The molecule has 1 unspecified atom stereocenters. The SMILES string of the molecule is Cc1ccc(C2C(C#N)=C(N)N(c3nnc(SCC(=O)NC4CCCCC4)s3)C3=C2C(=O)CCC3)o1. The predicted molar refractivity (Wildman–Crippen MR) is 137 cm³/mol. The maximum absolute atomic E-state index is 13.1. The van der Waals surface area contributed by atoms with Gasteiger partial charge < -0.3 is 15.5 Å². The molecule has 11 heteroatoms. The predicted octanol–water partition coefficient (Wildman–Crippen LogP) is 4.29. The van der Waals surface area contributed by atoms with Gasteiger partial charge in [0.15, 0.2) is 10.1 Å². The number of nitrogens with two attached hydrogens (primary N) is 1. The van der Waals surface area contributed by atoms with Crippen LogP contribution in [0.5, 0.6) is 0 Å². The van der Waals surface area contributed by atoms with E-state index in [1.165, 1.54) is 29.5 Å². The highest BCUT2D eigenvalue weighted by atomic mass is 32.2. The number of hydrogen-bond donors (Lipinski definition) is 2. The molecule has 3 N–H and O–H groups in total. The van der Waals surface area contributed by atoms with E-state index < -0.39 is 5.92 Å². The Morgan fingerprint density at radius 3 is 2.81 bits per heavy atom. The fraction of sp³-hybridized carbons (Fsp3) is 0.480. The summed E-state index contributed by atoms with van der Waals surface area (Å²) >= 11 is 2.62. The number of allylic oxidation sites excluding steroid dienone is 3. The molecule has 9 nitrogen and oxygen atoms in total. The largest absolute Gasteiger partial charge is 0.465 e. The molecule has 0 saturated heterocycles. The van der Waals surface area contributed by atoms with Crippen LogP contribution in [-0.2, 0) is 9.59 Å². The quantitative estimate of drug-likeness (QED) is 0.530. The standard InChI is InChI=1S/C25H28N6O3S2/c1-14-10-11-19(34-14)21-16(12-26)23(27)31(17-8-5-9-18(32)22(17)21)24-29-30-25(36-24)35-13-20(33)28-15-6-3-2-4-7-15/h10-11,15,21H,2-9,13,27H2,1H3,(H,28,33). The van der Waals surface area contributed by atoms with Gasteiger partial charge in [0.25, 0.3) is 0 Å². The fourth-order valence-corrected chi connectivity index (χ4v) is 6.88. The van der Waals surface area contributed by atoms with Crippen molar-refractivity contribution in [1.82, 2.24) is 15.5 Å². The number of aromatic nitrogens is 2. The lowest BCUT2D eigenvalue weighted by Crippen LogP contribution is -2.38. The Morgan fingerprint density at radius 2 is 2.08 bits per heavy atom. The maximum Gasteiger partial charge on any atom is 0.230 e. The molecule has 0 bridgehead atoms. The summed E-state index contributed by atoms with van der Waals surface area (Å²) in [5, 5.41) is 22.2. The zero-order valence-corrected chi connectivity index (χ0v) is 21.7. The van der Waals surface area contributed by atoms with Crippen LogP contribution >= 0.6 is 23.1 Å². The topological polar surface area (TPSA) is 138 Å². The van der Waals surface area contributed by atoms with Gasteiger partial charge in [-0.2, -0.15) is 5.26 Å². The van der Waals surface area contributed by atoms with Gasteiger partial charge in [-0.25, -0.2) is 0 Å². The van der Waals surface area contributed by atoms with Crippen molar-refractivity contribution < 1.29 is 14.0 Å². The molecule has 2 aromatic rings. The molecule has 3 aliphatic rings. The Morgan fingerprint density at radius 1 is 1.28 bits per heavy atom. The third-order valence-corrected chi connectivity index (χ3v) is 8.88. The van der Waals surface area contributed by atoms with Crippen LogP contribution in [0, 0.1) is 18.3 Å². The van der Waals surface area contributed by atoms with Crippen LogP contribution in [0.3, 0.4) is 0 Å². The minimum absolute atomic E-state index is 0.00717. The van der Waals surface area contributed by atoms with Gasteiger partial charge in [0.1, 0.15) is 17.3 Å². The molecular formula is C25H28N6O3S2. The molecule has 1 fully saturated rings. The van der Waals surface area contributed by atoms with E-state index in [1.807, 2.05) is 13.0 Å². The Bertz CT molecular complexity index is 1280. The molecule has 3 heterocycles. The fourth-order valence-electron chi connectivity index (χ4n) is 5.19. The van der Waals surface area contributed by atoms with Crippen LogP contribution in [0.2, 0.25) is 0 Å². The first kappa shape index (κ1) is 24.6. The van der Waals surface area contributed by atoms with E-state index in [4.69, 9.17) is 10.2 Å². The van der Waals surface area contributed by atoms with Crippen LogP contribution in [0.15, 0.2) is 43.6 Å². The highest BCUT2D eigenvalue weighted by Gasteiger charge is 2.42. The molecule has 2 aliphatic carbocycles. The summed E-state index contributed by atoms with van der Waals surface area (Å²) < 4.78 is 6.47. The third kappa shape index (κ3) is 4.80. The number of Topliss-reactive ketones (excluding diaryl/α,β-unsaturated/α-hetero) is 1. The highest BCUT2D eigenvalue weighted by Crippen LogP contribution is 2.47. The number of thioether (sulfide) groups is 1. The molecule has 1 amide bonds. The van der Waals surface area contributed by atoms with Gasteiger partial charge in [-0.1, -0.05) is 42.4 Å². The number of amides is 1. The van der Waals surface area contributed by atoms with Crippen molar-refractivity contribution in [3.8, 4) is 6.07 Å². The smallest absolute Gasteiger partial charge is 0.230 e. The molecule has 188 valence electrons. The van der Waals surface area contributed by atoms with Crippen molar-refractivity contribution >= 4 is 39.9 Å². The highest BCUT2D eigenvalue weighted by molar-refractivity contribution is 8.01. The van der Waals surface area contributed by atoms with E-state index in [2.05, 4.69) is 21.6 Å². The Kier molecular flexibility index (Phi) is 7.16. The van der Waals surface area contributed by atoms with Gasteiger partial charge in [0.2, 0.25) is 11.0 Å². The molecule has 0 radical (unpaired) electrons. The first-order chi connectivity index (χ1) is 17.5. The zero-order chi connectivity index (χ0) is 25.2. The van der Waals surface area contributed by atoms with E-state index in [0.29, 0.717) is 45.8 Å². The number of anilines is 1. The lowest BCUT2D eigenvalue weighted by atomic mass is 9.78. The van der Waals surface area contributed by atoms with E-state index in [0.717, 1.165) is 31.4 Å². The van der Waals surface area contributed by atoms with E-state index in [-0.39, 0.29) is 34.9 Å². The number of carbonyl (C=O) groups excluding carboxylic acids is 2. The van der Waals surface area contributed by atoms with Gasteiger partial charge >= 0.3 is 0 Å². The van der Waals surface area contributed by atoms with Crippen LogP contribution in [0.4, 0.5) is 5.13 Å². The number of rotatable bonds is 6. The lowest BCUT2D eigenvalue weighted by Gasteiger charge is -2.37. The van der Waals surface area contributed by atoms with Crippen LogP contribution in [0.1, 0.15) is 68.8 Å². The Hall–Kier alpha value is -3.10. The average Bonchev–Trinajstić information content (AvgIpc) is 3.52. The van der Waals surface area contributed by atoms with Gasteiger partial charge in [-0.15, -0.1) is 10.2 Å². The molecule has 5 rings (SSSR count). The van der Waals surface area contributed by atoms with Crippen molar-refractivity contribution in [2.75, 3.05) is 10.7 Å². The second-order valence-electron chi connectivity index (χ2n) is 9.31. The van der Waals surface area contributed by atoms with E-state index >= 15 is 0 Å². The first-order valence-corrected chi connectivity index (χ1v) is 14.0. The number of nitriles is 1. The molecule has 1 atom stereocenters. The third-order valence-electron chi connectivity index (χ3n) is 6.84. The number of nitrogens with one attached hydrogen (secondary N) is 1. The number of hydrogen-bond acceptors (Lipinski definition) is 10. The summed E-state index contributed by atoms with van der Waals surface area (Å²) in [4.78, 5) is 27.2. The van der Waals surface area contributed by atoms with Crippen LogP contribution in [-0.4, -0.2) is 33.7 Å². The number of carbonyl (C=O) groups is 2. The zero-order valence-electron chi connectivity index (χ0n) is 20.1. The maximum atomic E-state index is 13.1. The normalized spacial score (nSPS) is 20.9. The van der Waals surface area contributed by atoms with Gasteiger partial charge in [-0.3, -0.25) is 14.5 Å². The van der Waals surface area contributed by atoms with Crippen molar-refractivity contribution in [2.24, 2.45) is 5.73 Å². The second-order valence-corrected chi connectivity index (χ2v) is 11.5. The lowest BCUT2D eigenvalue weighted by molar-refractivity contribution is -0.119. The number of nitrogens with zero attached hydrogens (tertiary/aromatic N) is 4. The van der Waals surface area contributed by atoms with E-state index in [9.17, 15) is 14.9 Å². The molecular weight excluding hydrogens is 496 g/mol. The van der Waals surface area contributed by atoms with Crippen molar-refractivity contribution in [2.45, 2.75) is 74.6 Å². The molecule has 1 saturated carbocycles. The minimum Gasteiger partial charge on any atom is -0.465 e. The van der Waals surface area contributed by atoms with Crippen molar-refractivity contribution in [1.29, 1.82) is 5.26 Å². The van der Waals surface area contributed by atoms with Crippen molar-refractivity contribution in [3.63, 3.8) is 0 Å². The summed E-state index contributed by atoms with van der Waals surface area (Å²) in [5.74, 6) is 1.07. The van der Waals surface area contributed by atoms with E-state index in [1.54, 1.807) is 11.0 Å². The summed E-state index contributed by atoms with van der Waals surface area (Å²) in [5.41, 5.74) is 8.09. The first-order valence-electron chi connectivity index (χ1n) is 12.2. The molecule has 36 heavy (non-hydrogen) atoms. The monoisotopic (exact) mass is 524 g/mol. The second kappa shape index (κ2) is 10.5. The molecule has 1 aliphatic heterocycles. The van der Waals surface area contributed by atoms with Gasteiger partial charge in [0.05, 0.1) is 23.3 Å².